The molecule has 0 spiro atoms. The number of aliphatic hydroxyl groups is 1. The second kappa shape index (κ2) is 5.30. The molecule has 21 heavy (non-hydrogen) atoms. The second-order valence-electron chi connectivity index (χ2n) is 5.41. The van der Waals surface area contributed by atoms with E-state index in [0.29, 0.717) is 6.54 Å². The van der Waals surface area contributed by atoms with Gasteiger partial charge in [0, 0.05) is 22.3 Å². The number of benzene rings is 1. The molecule has 0 unspecified atom stereocenters. The molecule has 108 valence electrons. The molecule has 0 bridgehead atoms. The van der Waals surface area contributed by atoms with E-state index in [1.165, 1.54) is 5.56 Å². The van der Waals surface area contributed by atoms with Gasteiger partial charge in [-0.15, -0.1) is 0 Å². The maximum Gasteiger partial charge on any atom is 0.0718 e. The molecule has 2 heterocycles. The average Bonchev–Trinajstić information content (AvgIpc) is 2.72. The third-order valence-corrected chi connectivity index (χ3v) is 3.94. The number of hydrogen-bond donors (Lipinski definition) is 1. The maximum absolute atomic E-state index is 9.43. The lowest BCUT2D eigenvalue weighted by molar-refractivity contribution is 0.280. The van der Waals surface area contributed by atoms with Gasteiger partial charge in [0.15, 0.2) is 0 Å². The van der Waals surface area contributed by atoms with Crippen LogP contribution >= 0.6 is 0 Å². The standard InChI is InChI=1S/C17H19N3O/c1-11-8-14(15-6-4-5-7-17(15)18-11)9-20-13(3)16(10-21)12(2)19-20/h4-8,21H,9-10H2,1-3H3. The first-order valence-electron chi connectivity index (χ1n) is 7.09. The molecule has 3 rings (SSSR count). The fourth-order valence-corrected chi connectivity index (χ4v) is 2.80. The van der Waals surface area contributed by atoms with Gasteiger partial charge in [-0.1, -0.05) is 18.2 Å². The molecule has 1 N–H and O–H groups in total. The van der Waals surface area contributed by atoms with Gasteiger partial charge in [-0.25, -0.2) is 0 Å². The summed E-state index contributed by atoms with van der Waals surface area (Å²) in [4.78, 5) is 4.57. The van der Waals surface area contributed by atoms with Crippen LogP contribution in [0.15, 0.2) is 30.3 Å². The van der Waals surface area contributed by atoms with Gasteiger partial charge in [0.2, 0.25) is 0 Å². The molecule has 1 aromatic carbocycles. The fraction of sp³-hybridized carbons (Fsp3) is 0.294. The number of hydrogen-bond acceptors (Lipinski definition) is 3. The molecule has 4 nitrogen and oxygen atoms in total. The molecule has 0 fully saturated rings. The van der Waals surface area contributed by atoms with Crippen molar-refractivity contribution in [3.05, 3.63) is 58.5 Å². The SMILES string of the molecule is Cc1cc(Cn2nc(C)c(CO)c2C)c2ccccc2n1. The van der Waals surface area contributed by atoms with Crippen molar-refractivity contribution in [3.63, 3.8) is 0 Å². The Morgan fingerprint density at radius 3 is 2.62 bits per heavy atom. The van der Waals surface area contributed by atoms with E-state index in [1.807, 2.05) is 43.7 Å². The van der Waals surface area contributed by atoms with E-state index >= 15 is 0 Å². The molecule has 0 saturated carbocycles. The van der Waals surface area contributed by atoms with E-state index in [9.17, 15) is 5.11 Å². The van der Waals surface area contributed by atoms with Crippen molar-refractivity contribution in [3.8, 4) is 0 Å². The van der Waals surface area contributed by atoms with Crippen molar-refractivity contribution in [2.24, 2.45) is 0 Å². The summed E-state index contributed by atoms with van der Waals surface area (Å²) in [5, 5.41) is 15.1. The zero-order chi connectivity index (χ0) is 15.0. The van der Waals surface area contributed by atoms with Crippen molar-refractivity contribution in [2.45, 2.75) is 33.9 Å². The number of nitrogens with zero attached hydrogens (tertiary/aromatic N) is 3. The van der Waals surface area contributed by atoms with Crippen molar-refractivity contribution in [2.75, 3.05) is 0 Å². The summed E-state index contributed by atoms with van der Waals surface area (Å²) in [6, 6.07) is 10.3. The summed E-state index contributed by atoms with van der Waals surface area (Å²) in [5.41, 5.74) is 6.06. The number of para-hydroxylation sites is 1. The number of rotatable bonds is 3. The molecule has 0 atom stereocenters. The number of aryl methyl sites for hydroxylation is 2. The van der Waals surface area contributed by atoms with Crippen LogP contribution in [0.5, 0.6) is 0 Å². The van der Waals surface area contributed by atoms with E-state index in [2.05, 4.69) is 22.2 Å². The van der Waals surface area contributed by atoms with E-state index in [4.69, 9.17) is 0 Å². The molecule has 2 aromatic heterocycles. The van der Waals surface area contributed by atoms with Crippen molar-refractivity contribution >= 4 is 10.9 Å². The van der Waals surface area contributed by atoms with Gasteiger partial charge in [0.25, 0.3) is 0 Å². The number of aliphatic hydroxyl groups excluding tert-OH is 1. The number of aromatic nitrogens is 3. The molecule has 0 amide bonds. The minimum Gasteiger partial charge on any atom is -0.392 e. The summed E-state index contributed by atoms with van der Waals surface area (Å²) in [5.74, 6) is 0. The van der Waals surface area contributed by atoms with Gasteiger partial charge in [-0.2, -0.15) is 5.10 Å². The normalized spacial score (nSPS) is 11.2. The maximum atomic E-state index is 9.43. The number of fused-ring (bicyclic) bond motifs is 1. The molecular weight excluding hydrogens is 262 g/mol. The molecular formula is C17H19N3O. The van der Waals surface area contributed by atoms with Crippen molar-refractivity contribution in [1.82, 2.24) is 14.8 Å². The van der Waals surface area contributed by atoms with Crippen molar-refractivity contribution < 1.29 is 5.11 Å². The van der Waals surface area contributed by atoms with E-state index < -0.39 is 0 Å². The minimum absolute atomic E-state index is 0.0355. The Balaban J connectivity index is 2.10. The molecule has 0 saturated heterocycles. The highest BCUT2D eigenvalue weighted by Gasteiger charge is 2.12. The second-order valence-corrected chi connectivity index (χ2v) is 5.41. The quantitative estimate of drug-likeness (QED) is 0.803. The largest absolute Gasteiger partial charge is 0.392 e. The minimum atomic E-state index is 0.0355. The number of pyridine rings is 1. The van der Waals surface area contributed by atoms with Crippen LogP contribution in [0.2, 0.25) is 0 Å². The topological polar surface area (TPSA) is 50.9 Å². The van der Waals surface area contributed by atoms with E-state index in [-0.39, 0.29) is 6.61 Å². The van der Waals surface area contributed by atoms with E-state index in [1.54, 1.807) is 0 Å². The van der Waals surface area contributed by atoms with Crippen LogP contribution in [-0.4, -0.2) is 19.9 Å². The van der Waals surface area contributed by atoms with Gasteiger partial charge in [-0.3, -0.25) is 9.67 Å². The van der Waals surface area contributed by atoms with Crippen LogP contribution in [0.3, 0.4) is 0 Å². The van der Waals surface area contributed by atoms with Gasteiger partial charge < -0.3 is 5.11 Å². The first-order chi connectivity index (χ1) is 10.1. The average molecular weight is 281 g/mol. The lowest BCUT2D eigenvalue weighted by Crippen LogP contribution is -2.06. The van der Waals surface area contributed by atoms with Crippen LogP contribution in [0, 0.1) is 20.8 Å². The summed E-state index contributed by atoms with van der Waals surface area (Å²) in [6.45, 7) is 6.67. The van der Waals surface area contributed by atoms with Crippen LogP contribution in [0.4, 0.5) is 0 Å². The molecule has 0 aliphatic heterocycles. The Kier molecular flexibility index (Phi) is 3.47. The Morgan fingerprint density at radius 2 is 1.90 bits per heavy atom. The van der Waals surface area contributed by atoms with Gasteiger partial charge in [-0.05, 0) is 38.5 Å². The highest BCUT2D eigenvalue weighted by atomic mass is 16.3. The summed E-state index contributed by atoms with van der Waals surface area (Å²) in [7, 11) is 0. The Labute approximate surface area is 124 Å². The highest BCUT2D eigenvalue weighted by molar-refractivity contribution is 5.82. The molecule has 4 heteroatoms. The Bertz CT molecular complexity index is 805. The smallest absolute Gasteiger partial charge is 0.0718 e. The molecule has 0 aliphatic carbocycles. The van der Waals surface area contributed by atoms with Gasteiger partial charge in [0.1, 0.15) is 0 Å². The molecule has 0 radical (unpaired) electrons. The van der Waals surface area contributed by atoms with Crippen LogP contribution in [0.1, 0.15) is 28.2 Å². The zero-order valence-electron chi connectivity index (χ0n) is 12.6. The summed E-state index contributed by atoms with van der Waals surface area (Å²) >= 11 is 0. The van der Waals surface area contributed by atoms with Crippen LogP contribution < -0.4 is 0 Å². The lowest BCUT2D eigenvalue weighted by Gasteiger charge is -2.10. The van der Waals surface area contributed by atoms with Gasteiger partial charge >= 0.3 is 0 Å². The van der Waals surface area contributed by atoms with E-state index in [0.717, 1.165) is 33.5 Å². The first kappa shape index (κ1) is 13.8. The Hall–Kier alpha value is -2.20. The summed E-state index contributed by atoms with van der Waals surface area (Å²) in [6.07, 6.45) is 0. The lowest BCUT2D eigenvalue weighted by atomic mass is 10.1. The Morgan fingerprint density at radius 1 is 1.14 bits per heavy atom. The predicted molar refractivity (Wildman–Crippen MR) is 83.2 cm³/mol. The van der Waals surface area contributed by atoms with Crippen LogP contribution in [-0.2, 0) is 13.2 Å². The summed E-state index contributed by atoms with van der Waals surface area (Å²) < 4.78 is 1.96. The molecule has 0 aliphatic rings. The van der Waals surface area contributed by atoms with Crippen LogP contribution in [0.25, 0.3) is 10.9 Å². The fourth-order valence-electron chi connectivity index (χ4n) is 2.80. The molecule has 3 aromatic rings. The van der Waals surface area contributed by atoms with Crippen molar-refractivity contribution in [1.29, 1.82) is 0 Å². The monoisotopic (exact) mass is 281 g/mol. The first-order valence-corrected chi connectivity index (χ1v) is 7.09. The third kappa shape index (κ3) is 2.43. The highest BCUT2D eigenvalue weighted by Crippen LogP contribution is 2.21. The van der Waals surface area contributed by atoms with Gasteiger partial charge in [0.05, 0.1) is 24.4 Å². The predicted octanol–water partition coefficient (Wildman–Crippen LogP) is 2.90. The third-order valence-electron chi connectivity index (χ3n) is 3.94. The zero-order valence-corrected chi connectivity index (χ0v) is 12.6.